The normalized spacial score (nSPS) is 11.2. The highest BCUT2D eigenvalue weighted by Gasteiger charge is 2.33. The Kier molecular flexibility index (Phi) is 9.10. The van der Waals surface area contributed by atoms with Crippen molar-refractivity contribution in [1.29, 1.82) is 0 Å². The third-order valence-corrected chi connectivity index (χ3v) is 5.05. The first-order chi connectivity index (χ1) is 17.9. The molecule has 10 nitrogen and oxygen atoms in total. The van der Waals surface area contributed by atoms with Crippen LogP contribution in [-0.2, 0) is 31.9 Å². The molecule has 4 amide bonds. The molecule has 38 heavy (non-hydrogen) atoms. The van der Waals surface area contributed by atoms with Gasteiger partial charge in [0.1, 0.15) is 11.5 Å². The fourth-order valence-electron chi connectivity index (χ4n) is 2.77. The molecule has 0 aliphatic carbocycles. The Morgan fingerprint density at radius 1 is 0.868 bits per heavy atom. The van der Waals surface area contributed by atoms with Gasteiger partial charge in [-0.3, -0.25) is 19.2 Å². The topological polar surface area (TPSA) is 142 Å². The van der Waals surface area contributed by atoms with E-state index in [1.165, 1.54) is 18.2 Å². The molecule has 0 fully saturated rings. The van der Waals surface area contributed by atoms with Crippen molar-refractivity contribution in [2.24, 2.45) is 5.10 Å². The van der Waals surface area contributed by atoms with Crippen LogP contribution in [0, 0.1) is 0 Å². The number of amides is 4. The first-order valence-corrected chi connectivity index (χ1v) is 11.1. The maximum absolute atomic E-state index is 12.9. The Hall–Kier alpha value is -4.36. The number of alkyl halides is 3. The minimum absolute atomic E-state index is 0.117. The van der Waals surface area contributed by atoms with Crippen molar-refractivity contribution in [2.45, 2.75) is 12.7 Å². The lowest BCUT2D eigenvalue weighted by atomic mass is 10.2. The SMILES string of the molecule is O=C(NCc1ccc(/C=N/NC(=O)C(=O)Nc2ccc(Cl)c(C(F)(F)F)c2)o1)C(=O)Nc1cccc(Cl)c1. The molecule has 3 aromatic rings. The van der Waals surface area contributed by atoms with Gasteiger partial charge in [-0.15, -0.1) is 0 Å². The van der Waals surface area contributed by atoms with E-state index in [1.54, 1.807) is 18.2 Å². The fourth-order valence-corrected chi connectivity index (χ4v) is 3.19. The van der Waals surface area contributed by atoms with Crippen molar-refractivity contribution in [3.8, 4) is 0 Å². The number of anilines is 2. The Morgan fingerprint density at radius 3 is 2.24 bits per heavy atom. The summed E-state index contributed by atoms with van der Waals surface area (Å²) in [6.45, 7) is -0.147. The van der Waals surface area contributed by atoms with Gasteiger partial charge < -0.3 is 20.4 Å². The number of hydrogen-bond donors (Lipinski definition) is 4. The molecule has 4 N–H and O–H groups in total. The van der Waals surface area contributed by atoms with Crippen LogP contribution in [0.1, 0.15) is 17.1 Å². The lowest BCUT2D eigenvalue weighted by molar-refractivity contribution is -0.137. The molecule has 0 bridgehead atoms. The van der Waals surface area contributed by atoms with Gasteiger partial charge in [-0.25, -0.2) is 5.43 Å². The number of hydrazone groups is 1. The number of halogens is 5. The maximum atomic E-state index is 12.9. The molecule has 0 saturated heterocycles. The molecule has 0 atom stereocenters. The molecule has 198 valence electrons. The van der Waals surface area contributed by atoms with Crippen LogP contribution in [0.4, 0.5) is 24.5 Å². The Balaban J connectivity index is 1.46. The first-order valence-electron chi connectivity index (χ1n) is 10.4. The molecule has 15 heteroatoms. The third kappa shape index (κ3) is 8.08. The summed E-state index contributed by atoms with van der Waals surface area (Å²) in [5.74, 6) is -4.05. The average Bonchev–Trinajstić information content (AvgIpc) is 3.30. The molecule has 0 saturated carbocycles. The summed E-state index contributed by atoms with van der Waals surface area (Å²) in [7, 11) is 0. The lowest BCUT2D eigenvalue weighted by Crippen LogP contribution is -2.34. The van der Waals surface area contributed by atoms with Crippen molar-refractivity contribution < 1.29 is 36.8 Å². The van der Waals surface area contributed by atoms with E-state index in [9.17, 15) is 32.3 Å². The number of nitrogens with zero attached hydrogens (tertiary/aromatic N) is 1. The molecule has 0 unspecified atom stereocenters. The van der Waals surface area contributed by atoms with Gasteiger partial charge >= 0.3 is 29.8 Å². The monoisotopic (exact) mass is 569 g/mol. The van der Waals surface area contributed by atoms with Gasteiger partial charge in [-0.05, 0) is 48.5 Å². The van der Waals surface area contributed by atoms with Gasteiger partial charge in [0.2, 0.25) is 0 Å². The molecule has 0 radical (unpaired) electrons. The van der Waals surface area contributed by atoms with Crippen LogP contribution in [0.5, 0.6) is 0 Å². The van der Waals surface area contributed by atoms with Crippen LogP contribution >= 0.6 is 23.2 Å². The summed E-state index contributed by atoms with van der Waals surface area (Å²) >= 11 is 11.3. The first kappa shape index (κ1) is 28.2. The van der Waals surface area contributed by atoms with Gasteiger partial charge in [-0.1, -0.05) is 29.3 Å². The van der Waals surface area contributed by atoms with Gasteiger partial charge in [0.05, 0.1) is 23.3 Å². The van der Waals surface area contributed by atoms with Crippen molar-refractivity contribution >= 4 is 64.4 Å². The molecule has 3 rings (SSSR count). The molecule has 0 aliphatic heterocycles. The number of nitrogens with one attached hydrogen (secondary N) is 4. The minimum atomic E-state index is -4.75. The zero-order chi connectivity index (χ0) is 27.9. The van der Waals surface area contributed by atoms with Crippen LogP contribution in [0.15, 0.2) is 64.1 Å². The standard InChI is InChI=1S/C23H16Cl2F3N5O5/c24-12-2-1-3-13(8-12)31-20(35)19(34)29-10-15-5-6-16(38-15)11-30-33-22(37)21(36)32-14-4-7-18(25)17(9-14)23(26,27)28/h1-9,11H,10H2,(H,29,34)(H,31,35)(H,32,36)(H,33,37)/b30-11+. The Morgan fingerprint density at radius 2 is 1.55 bits per heavy atom. The second-order valence-corrected chi connectivity index (χ2v) is 8.14. The van der Waals surface area contributed by atoms with Crippen LogP contribution in [-0.4, -0.2) is 29.8 Å². The molecular weight excluding hydrogens is 554 g/mol. The summed E-state index contributed by atoms with van der Waals surface area (Å²) in [5.41, 5.74) is 0.744. The lowest BCUT2D eigenvalue weighted by Gasteiger charge is -2.11. The van der Waals surface area contributed by atoms with E-state index in [4.69, 9.17) is 27.6 Å². The third-order valence-electron chi connectivity index (χ3n) is 4.49. The Bertz CT molecular complexity index is 1410. The summed E-state index contributed by atoms with van der Waals surface area (Å²) in [6, 6.07) is 11.7. The van der Waals surface area contributed by atoms with E-state index in [2.05, 4.69) is 15.7 Å². The van der Waals surface area contributed by atoms with E-state index in [0.717, 1.165) is 18.3 Å². The number of hydrogen-bond acceptors (Lipinski definition) is 6. The van der Waals surface area contributed by atoms with E-state index in [1.807, 2.05) is 10.7 Å². The summed E-state index contributed by atoms with van der Waals surface area (Å²) in [6.07, 6.45) is -3.72. The largest absolute Gasteiger partial charge is 0.458 e. The van der Waals surface area contributed by atoms with Crippen molar-refractivity contribution in [3.63, 3.8) is 0 Å². The second kappa shape index (κ2) is 12.3. The van der Waals surface area contributed by atoms with Gasteiger partial charge in [0, 0.05) is 16.4 Å². The molecule has 0 spiro atoms. The Labute approximate surface area is 222 Å². The highest BCUT2D eigenvalue weighted by Crippen LogP contribution is 2.36. The molecular formula is C23H16Cl2F3N5O5. The predicted octanol–water partition coefficient (Wildman–Crippen LogP) is 3.95. The summed E-state index contributed by atoms with van der Waals surface area (Å²) in [5, 5.41) is 10.1. The average molecular weight is 570 g/mol. The van der Waals surface area contributed by atoms with Crippen molar-refractivity contribution in [1.82, 2.24) is 10.7 Å². The van der Waals surface area contributed by atoms with E-state index < -0.39 is 40.4 Å². The second-order valence-electron chi connectivity index (χ2n) is 7.30. The van der Waals surface area contributed by atoms with Gasteiger partial charge in [0.25, 0.3) is 0 Å². The highest BCUT2D eigenvalue weighted by molar-refractivity contribution is 6.40. The molecule has 2 aromatic carbocycles. The maximum Gasteiger partial charge on any atom is 0.417 e. The van der Waals surface area contributed by atoms with Crippen LogP contribution in [0.3, 0.4) is 0 Å². The van der Waals surface area contributed by atoms with Crippen LogP contribution in [0.25, 0.3) is 0 Å². The fraction of sp³-hybridized carbons (Fsp3) is 0.0870. The number of benzene rings is 2. The number of carbonyl (C=O) groups is 4. The van der Waals surface area contributed by atoms with Crippen LogP contribution in [0.2, 0.25) is 10.0 Å². The molecule has 0 aliphatic rings. The van der Waals surface area contributed by atoms with E-state index in [-0.39, 0.29) is 23.8 Å². The van der Waals surface area contributed by atoms with Gasteiger partial charge in [0.15, 0.2) is 0 Å². The van der Waals surface area contributed by atoms with Crippen molar-refractivity contribution in [3.05, 3.63) is 81.7 Å². The smallest absolute Gasteiger partial charge is 0.417 e. The van der Waals surface area contributed by atoms with Crippen molar-refractivity contribution in [2.75, 3.05) is 10.6 Å². The van der Waals surface area contributed by atoms with E-state index in [0.29, 0.717) is 16.8 Å². The summed E-state index contributed by atoms with van der Waals surface area (Å²) < 4.78 is 44.1. The number of furan rings is 1. The number of rotatable bonds is 6. The van der Waals surface area contributed by atoms with Gasteiger partial charge in [-0.2, -0.15) is 18.3 Å². The molecule has 1 heterocycles. The molecule has 1 aromatic heterocycles. The zero-order valence-electron chi connectivity index (χ0n) is 18.9. The highest BCUT2D eigenvalue weighted by atomic mass is 35.5. The summed E-state index contributed by atoms with van der Waals surface area (Å²) in [4.78, 5) is 47.7. The predicted molar refractivity (Wildman–Crippen MR) is 131 cm³/mol. The zero-order valence-corrected chi connectivity index (χ0v) is 20.4. The van der Waals surface area contributed by atoms with Crippen LogP contribution < -0.4 is 21.4 Å². The number of carbonyl (C=O) groups excluding carboxylic acids is 4. The minimum Gasteiger partial charge on any atom is -0.458 e. The quantitative estimate of drug-likeness (QED) is 0.202. The van der Waals surface area contributed by atoms with E-state index >= 15 is 0 Å².